The van der Waals surface area contributed by atoms with Crippen LogP contribution in [0.4, 0.5) is 0 Å². The minimum absolute atomic E-state index is 0.174. The number of aromatic nitrogens is 2. The van der Waals surface area contributed by atoms with E-state index in [2.05, 4.69) is 51.1 Å². The van der Waals surface area contributed by atoms with Gasteiger partial charge in [-0.25, -0.2) is 4.98 Å². The lowest BCUT2D eigenvalue weighted by Gasteiger charge is -2.33. The van der Waals surface area contributed by atoms with Crippen molar-refractivity contribution in [3.63, 3.8) is 0 Å². The van der Waals surface area contributed by atoms with E-state index < -0.39 is 0 Å². The lowest BCUT2D eigenvalue weighted by Crippen LogP contribution is -2.31. The van der Waals surface area contributed by atoms with Gasteiger partial charge in [0.25, 0.3) is 0 Å². The molecule has 1 aromatic heterocycles. The zero-order chi connectivity index (χ0) is 12.4. The van der Waals surface area contributed by atoms with Crippen molar-refractivity contribution >= 4 is 0 Å². The second kappa shape index (κ2) is 4.60. The summed E-state index contributed by atoms with van der Waals surface area (Å²) >= 11 is 0. The van der Waals surface area contributed by atoms with Gasteiger partial charge in [-0.2, -0.15) is 0 Å². The van der Waals surface area contributed by atoms with Crippen molar-refractivity contribution in [3.8, 4) is 0 Å². The fourth-order valence-corrected chi connectivity index (χ4v) is 2.19. The summed E-state index contributed by atoms with van der Waals surface area (Å²) in [4.78, 5) is 4.35. The molecule has 0 saturated heterocycles. The molecule has 0 spiro atoms. The summed E-state index contributed by atoms with van der Waals surface area (Å²) in [5, 5.41) is 0. The Morgan fingerprint density at radius 1 is 1.19 bits per heavy atom. The van der Waals surface area contributed by atoms with Crippen LogP contribution in [-0.2, 0) is 11.0 Å². The molecule has 0 fully saturated rings. The number of imidazole rings is 1. The first kappa shape index (κ1) is 13.3. The highest BCUT2D eigenvalue weighted by Gasteiger charge is 2.28. The molecule has 0 saturated carbocycles. The first-order valence-corrected chi connectivity index (χ1v) is 6.38. The largest absolute Gasteiger partial charge is 0.329 e. The van der Waals surface area contributed by atoms with Gasteiger partial charge in [0, 0.05) is 22.8 Å². The van der Waals surface area contributed by atoms with Gasteiger partial charge >= 0.3 is 0 Å². The van der Waals surface area contributed by atoms with Gasteiger partial charge < -0.3 is 4.57 Å². The van der Waals surface area contributed by atoms with Gasteiger partial charge in [0.2, 0.25) is 0 Å². The Balaban J connectivity index is 3.12. The summed E-state index contributed by atoms with van der Waals surface area (Å²) in [5.74, 6) is 0. The van der Waals surface area contributed by atoms with E-state index in [0.717, 1.165) is 6.42 Å². The molecule has 0 atom stereocenters. The van der Waals surface area contributed by atoms with E-state index in [1.807, 2.05) is 12.5 Å². The second-order valence-electron chi connectivity index (χ2n) is 5.95. The van der Waals surface area contributed by atoms with Gasteiger partial charge in [-0.15, -0.1) is 0 Å². The molecule has 0 radical (unpaired) electrons. The molecule has 16 heavy (non-hydrogen) atoms. The zero-order valence-electron chi connectivity index (χ0n) is 11.7. The van der Waals surface area contributed by atoms with Crippen LogP contribution >= 0.6 is 0 Å². The first-order chi connectivity index (χ1) is 7.35. The molecular weight excluding hydrogens is 196 g/mol. The maximum Gasteiger partial charge on any atom is 0.0953 e. The Labute approximate surface area is 100 Å². The molecule has 2 heteroatoms. The molecule has 1 heterocycles. The first-order valence-electron chi connectivity index (χ1n) is 6.38. The van der Waals surface area contributed by atoms with Crippen molar-refractivity contribution in [2.24, 2.45) is 0 Å². The third-order valence-electron chi connectivity index (χ3n) is 3.73. The SMILES string of the molecule is CCCC(C)(C)n1cncc1C(C)(C)CC. The fraction of sp³-hybridized carbons (Fsp3) is 0.786. The van der Waals surface area contributed by atoms with Crippen molar-refractivity contribution in [3.05, 3.63) is 18.2 Å². The van der Waals surface area contributed by atoms with E-state index in [1.165, 1.54) is 18.5 Å². The van der Waals surface area contributed by atoms with Crippen molar-refractivity contribution in [2.75, 3.05) is 0 Å². The quantitative estimate of drug-likeness (QED) is 0.733. The minimum atomic E-state index is 0.174. The smallest absolute Gasteiger partial charge is 0.0953 e. The van der Waals surface area contributed by atoms with E-state index in [4.69, 9.17) is 0 Å². The predicted octanol–water partition coefficient (Wildman–Crippen LogP) is 4.11. The number of nitrogens with zero attached hydrogens (tertiary/aromatic N) is 2. The highest BCUT2D eigenvalue weighted by Crippen LogP contribution is 2.32. The zero-order valence-corrected chi connectivity index (χ0v) is 11.7. The molecule has 1 rings (SSSR count). The van der Waals surface area contributed by atoms with E-state index in [0.29, 0.717) is 0 Å². The third kappa shape index (κ3) is 2.47. The summed E-state index contributed by atoms with van der Waals surface area (Å²) in [6.45, 7) is 13.7. The van der Waals surface area contributed by atoms with Crippen LogP contribution in [0.25, 0.3) is 0 Å². The summed E-state index contributed by atoms with van der Waals surface area (Å²) in [6.07, 6.45) is 7.55. The lowest BCUT2D eigenvalue weighted by molar-refractivity contribution is 0.295. The average Bonchev–Trinajstić information content (AvgIpc) is 2.67. The van der Waals surface area contributed by atoms with Crippen LogP contribution in [0.3, 0.4) is 0 Å². The van der Waals surface area contributed by atoms with E-state index in [1.54, 1.807) is 0 Å². The molecule has 0 amide bonds. The Morgan fingerprint density at radius 3 is 2.31 bits per heavy atom. The second-order valence-corrected chi connectivity index (χ2v) is 5.95. The van der Waals surface area contributed by atoms with Gasteiger partial charge in [0.1, 0.15) is 0 Å². The fourth-order valence-electron chi connectivity index (χ4n) is 2.19. The minimum Gasteiger partial charge on any atom is -0.329 e. The number of hydrogen-bond donors (Lipinski definition) is 0. The lowest BCUT2D eigenvalue weighted by atomic mass is 9.85. The van der Waals surface area contributed by atoms with Gasteiger partial charge in [-0.05, 0) is 26.7 Å². The standard InChI is InChI=1S/C14H26N2/c1-7-9-14(5,6)16-11-15-10-12(16)13(3,4)8-2/h10-11H,7-9H2,1-6H3. The molecule has 0 aromatic carbocycles. The monoisotopic (exact) mass is 222 g/mol. The Kier molecular flexibility index (Phi) is 3.82. The number of hydrogen-bond acceptors (Lipinski definition) is 1. The molecule has 2 nitrogen and oxygen atoms in total. The maximum atomic E-state index is 4.35. The van der Waals surface area contributed by atoms with Crippen LogP contribution in [-0.4, -0.2) is 9.55 Å². The van der Waals surface area contributed by atoms with Crippen LogP contribution in [0.2, 0.25) is 0 Å². The van der Waals surface area contributed by atoms with Crippen LogP contribution in [0.5, 0.6) is 0 Å². The molecule has 0 aliphatic rings. The summed E-state index contributed by atoms with van der Waals surface area (Å²) in [5.41, 5.74) is 1.74. The molecule has 0 bridgehead atoms. The van der Waals surface area contributed by atoms with Crippen molar-refractivity contribution in [1.82, 2.24) is 9.55 Å². The van der Waals surface area contributed by atoms with Gasteiger partial charge in [0.15, 0.2) is 0 Å². The topological polar surface area (TPSA) is 17.8 Å². The Morgan fingerprint density at radius 2 is 1.81 bits per heavy atom. The van der Waals surface area contributed by atoms with E-state index >= 15 is 0 Å². The van der Waals surface area contributed by atoms with Crippen LogP contribution < -0.4 is 0 Å². The van der Waals surface area contributed by atoms with Gasteiger partial charge in [0.05, 0.1) is 6.33 Å². The average molecular weight is 222 g/mol. The molecule has 92 valence electrons. The molecular formula is C14H26N2. The van der Waals surface area contributed by atoms with Gasteiger partial charge in [-0.1, -0.05) is 34.1 Å². The van der Waals surface area contributed by atoms with Crippen LogP contribution in [0, 0.1) is 0 Å². The van der Waals surface area contributed by atoms with Crippen LogP contribution in [0.15, 0.2) is 12.5 Å². The van der Waals surface area contributed by atoms with Crippen LogP contribution in [0.1, 0.15) is 66.5 Å². The highest BCUT2D eigenvalue weighted by molar-refractivity contribution is 5.14. The van der Waals surface area contributed by atoms with E-state index in [9.17, 15) is 0 Å². The van der Waals surface area contributed by atoms with Crippen molar-refractivity contribution < 1.29 is 0 Å². The summed E-state index contributed by atoms with van der Waals surface area (Å²) in [6, 6.07) is 0. The summed E-state index contributed by atoms with van der Waals surface area (Å²) < 4.78 is 2.36. The molecule has 0 unspecified atom stereocenters. The number of rotatable bonds is 5. The van der Waals surface area contributed by atoms with Crippen molar-refractivity contribution in [2.45, 2.75) is 71.8 Å². The molecule has 0 N–H and O–H groups in total. The van der Waals surface area contributed by atoms with Crippen molar-refractivity contribution in [1.29, 1.82) is 0 Å². The maximum absolute atomic E-state index is 4.35. The highest BCUT2D eigenvalue weighted by atomic mass is 15.1. The van der Waals surface area contributed by atoms with Gasteiger partial charge in [-0.3, -0.25) is 0 Å². The molecule has 0 aliphatic carbocycles. The normalized spacial score (nSPS) is 13.1. The predicted molar refractivity (Wildman–Crippen MR) is 69.8 cm³/mol. The molecule has 0 aliphatic heterocycles. The Hall–Kier alpha value is -0.790. The summed E-state index contributed by atoms with van der Waals surface area (Å²) in [7, 11) is 0. The molecule has 1 aromatic rings. The van der Waals surface area contributed by atoms with E-state index in [-0.39, 0.29) is 11.0 Å². The Bertz CT molecular complexity index is 334. The third-order valence-corrected chi connectivity index (χ3v) is 3.73.